The molecule has 12 heteroatoms. The molecule has 0 spiro atoms. The average molecular weight is 461 g/mol. The van der Waals surface area contributed by atoms with Gasteiger partial charge in [-0.05, 0) is 34.1 Å². The Hall–Kier alpha value is -2.86. The molecule has 31 heavy (non-hydrogen) atoms. The highest BCUT2D eigenvalue weighted by Crippen LogP contribution is 2.25. The van der Waals surface area contributed by atoms with Crippen LogP contribution in [0, 0.1) is 23.1 Å². The molecule has 0 aliphatic heterocycles. The number of nitrogens with zero attached hydrogens (tertiary/aromatic N) is 6. The number of ether oxygens (including phenoxy) is 2. The molecule has 0 aliphatic carbocycles. The van der Waals surface area contributed by atoms with E-state index in [0.717, 1.165) is 28.5 Å². The van der Waals surface area contributed by atoms with Crippen LogP contribution in [0.25, 0.3) is 22.1 Å². The molecule has 0 fully saturated rings. The normalized spacial score (nSPS) is 11.5. The number of hydrogen-bond donors (Lipinski definition) is 2. The molecule has 0 amide bonds. The van der Waals surface area contributed by atoms with Crippen molar-refractivity contribution in [3.63, 3.8) is 0 Å². The fourth-order valence-corrected chi connectivity index (χ4v) is 4.09. The minimum Gasteiger partial charge on any atom is -0.477 e. The highest BCUT2D eigenvalue weighted by molar-refractivity contribution is 7.71. The Morgan fingerprint density at radius 1 is 0.742 bits per heavy atom. The van der Waals surface area contributed by atoms with Crippen molar-refractivity contribution in [1.82, 2.24) is 39.5 Å². The number of aromatic amines is 2. The van der Waals surface area contributed by atoms with Crippen LogP contribution in [-0.2, 0) is 13.1 Å². The monoisotopic (exact) mass is 460 g/mol. The number of aromatic nitrogens is 8. The van der Waals surface area contributed by atoms with Crippen LogP contribution < -0.4 is 9.47 Å². The van der Waals surface area contributed by atoms with Crippen molar-refractivity contribution in [2.45, 2.75) is 47.2 Å². The largest absolute Gasteiger partial charge is 0.477 e. The SMILES string of the molecule is CCOc1nc(C)nc2c1c(=S)[nH]n2CCCn1[nH]c(=S)c2c(OCC)nc(C)nc21. The van der Waals surface area contributed by atoms with Gasteiger partial charge < -0.3 is 9.47 Å². The molecule has 4 aromatic rings. The predicted molar refractivity (Wildman–Crippen MR) is 122 cm³/mol. The molecular formula is C19H24N8O2S2. The van der Waals surface area contributed by atoms with Crippen LogP contribution in [0.15, 0.2) is 0 Å². The summed E-state index contributed by atoms with van der Waals surface area (Å²) in [5, 5.41) is 7.88. The summed E-state index contributed by atoms with van der Waals surface area (Å²) in [4.78, 5) is 17.9. The molecule has 0 saturated carbocycles. The van der Waals surface area contributed by atoms with E-state index in [9.17, 15) is 0 Å². The van der Waals surface area contributed by atoms with Gasteiger partial charge in [-0.2, -0.15) is 9.97 Å². The quantitative estimate of drug-likeness (QED) is 0.382. The highest BCUT2D eigenvalue weighted by Gasteiger charge is 2.16. The van der Waals surface area contributed by atoms with Gasteiger partial charge in [-0.3, -0.25) is 19.6 Å². The first-order valence-electron chi connectivity index (χ1n) is 10.1. The average Bonchev–Trinajstić information content (AvgIpc) is 3.19. The number of aryl methyl sites for hydroxylation is 4. The molecule has 0 aromatic carbocycles. The molecule has 0 bridgehead atoms. The van der Waals surface area contributed by atoms with E-state index in [0.29, 0.717) is 59.0 Å². The zero-order chi connectivity index (χ0) is 22.1. The molecule has 164 valence electrons. The standard InChI is InChI=1S/C19H24N8O2S2/c1-5-28-16-12-14(20-10(3)22-16)26(24-18(12)30)8-7-9-27-15-13(19(31)25-27)17(29-6-2)23-11(4)21-15/h5-9H2,1-4H3,(H,24,30)(H,25,31). The van der Waals surface area contributed by atoms with E-state index < -0.39 is 0 Å². The lowest BCUT2D eigenvalue weighted by Gasteiger charge is -2.08. The van der Waals surface area contributed by atoms with Gasteiger partial charge >= 0.3 is 0 Å². The van der Waals surface area contributed by atoms with E-state index in [1.54, 1.807) is 0 Å². The second-order valence-electron chi connectivity index (χ2n) is 6.95. The van der Waals surface area contributed by atoms with Gasteiger partial charge in [0, 0.05) is 13.1 Å². The Labute approximate surface area is 188 Å². The van der Waals surface area contributed by atoms with Crippen LogP contribution in [0.1, 0.15) is 31.9 Å². The topological polar surface area (TPSA) is 111 Å². The van der Waals surface area contributed by atoms with Gasteiger partial charge in [0.05, 0.1) is 13.2 Å². The van der Waals surface area contributed by atoms with E-state index >= 15 is 0 Å². The van der Waals surface area contributed by atoms with Crippen molar-refractivity contribution in [2.24, 2.45) is 0 Å². The summed E-state index contributed by atoms with van der Waals surface area (Å²) in [7, 11) is 0. The molecule has 4 aromatic heterocycles. The summed E-state index contributed by atoms with van der Waals surface area (Å²) in [5.41, 5.74) is 1.48. The van der Waals surface area contributed by atoms with Crippen LogP contribution in [0.3, 0.4) is 0 Å². The minimum absolute atomic E-state index is 0.510. The van der Waals surface area contributed by atoms with E-state index in [1.165, 1.54) is 0 Å². The molecule has 2 N–H and O–H groups in total. The van der Waals surface area contributed by atoms with Crippen molar-refractivity contribution in [3.05, 3.63) is 20.9 Å². The number of H-pyrrole nitrogens is 2. The first kappa shape index (κ1) is 21.4. The van der Waals surface area contributed by atoms with Gasteiger partial charge in [-0.1, -0.05) is 24.4 Å². The zero-order valence-electron chi connectivity index (χ0n) is 17.9. The van der Waals surface area contributed by atoms with Gasteiger partial charge in [-0.15, -0.1) is 0 Å². The molecule has 0 aliphatic rings. The Balaban J connectivity index is 1.62. The maximum Gasteiger partial charge on any atom is 0.229 e. The number of fused-ring (bicyclic) bond motifs is 2. The summed E-state index contributed by atoms with van der Waals surface area (Å²) in [6.45, 7) is 9.86. The number of rotatable bonds is 8. The lowest BCUT2D eigenvalue weighted by atomic mass is 10.3. The summed E-state index contributed by atoms with van der Waals surface area (Å²) in [5.74, 6) is 2.30. The second kappa shape index (κ2) is 8.71. The molecule has 10 nitrogen and oxygen atoms in total. The third kappa shape index (κ3) is 4.04. The van der Waals surface area contributed by atoms with Crippen LogP contribution in [0.5, 0.6) is 11.8 Å². The third-order valence-electron chi connectivity index (χ3n) is 4.70. The Kier molecular flexibility index (Phi) is 6.01. The third-order valence-corrected chi connectivity index (χ3v) is 5.29. The second-order valence-corrected chi connectivity index (χ2v) is 7.77. The molecule has 4 heterocycles. The Bertz CT molecular complexity index is 1260. The van der Waals surface area contributed by atoms with E-state index in [1.807, 2.05) is 37.1 Å². The summed E-state index contributed by atoms with van der Waals surface area (Å²) >= 11 is 11.0. The van der Waals surface area contributed by atoms with E-state index in [-0.39, 0.29) is 0 Å². The van der Waals surface area contributed by atoms with Crippen molar-refractivity contribution in [1.29, 1.82) is 0 Å². The fraction of sp³-hybridized carbons (Fsp3) is 0.474. The molecule has 0 atom stereocenters. The highest BCUT2D eigenvalue weighted by atomic mass is 32.1. The number of hydrogen-bond acceptors (Lipinski definition) is 8. The minimum atomic E-state index is 0.510. The summed E-state index contributed by atoms with van der Waals surface area (Å²) in [6, 6.07) is 0. The Morgan fingerprint density at radius 2 is 1.16 bits per heavy atom. The van der Waals surface area contributed by atoms with Crippen molar-refractivity contribution in [2.75, 3.05) is 13.2 Å². The summed E-state index contributed by atoms with van der Waals surface area (Å²) in [6.07, 6.45) is 0.782. The van der Waals surface area contributed by atoms with Gasteiger partial charge in [0.2, 0.25) is 11.8 Å². The van der Waals surface area contributed by atoms with Gasteiger partial charge in [0.1, 0.15) is 31.7 Å². The molecular weight excluding hydrogens is 436 g/mol. The van der Waals surface area contributed by atoms with Crippen LogP contribution in [0.2, 0.25) is 0 Å². The number of nitrogens with one attached hydrogen (secondary N) is 2. The maximum absolute atomic E-state index is 5.66. The van der Waals surface area contributed by atoms with Gasteiger partial charge in [-0.25, -0.2) is 9.97 Å². The Morgan fingerprint density at radius 3 is 1.55 bits per heavy atom. The molecule has 4 rings (SSSR count). The molecule has 0 radical (unpaired) electrons. The maximum atomic E-state index is 5.66. The molecule has 0 saturated heterocycles. The fourth-order valence-electron chi connectivity index (χ4n) is 3.51. The first-order valence-corrected chi connectivity index (χ1v) is 10.9. The zero-order valence-corrected chi connectivity index (χ0v) is 19.5. The van der Waals surface area contributed by atoms with Crippen LogP contribution in [-0.4, -0.2) is 52.7 Å². The van der Waals surface area contributed by atoms with Gasteiger partial charge in [0.15, 0.2) is 11.3 Å². The van der Waals surface area contributed by atoms with Crippen molar-refractivity contribution < 1.29 is 9.47 Å². The van der Waals surface area contributed by atoms with Gasteiger partial charge in [0.25, 0.3) is 0 Å². The summed E-state index contributed by atoms with van der Waals surface area (Å²) < 4.78 is 16.3. The first-order chi connectivity index (χ1) is 14.9. The lowest BCUT2D eigenvalue weighted by Crippen LogP contribution is -2.08. The predicted octanol–water partition coefficient (Wildman–Crippen LogP) is 3.80. The van der Waals surface area contributed by atoms with E-state index in [2.05, 4.69) is 30.1 Å². The smallest absolute Gasteiger partial charge is 0.229 e. The van der Waals surface area contributed by atoms with E-state index in [4.69, 9.17) is 33.9 Å². The lowest BCUT2D eigenvalue weighted by molar-refractivity contribution is 0.329. The van der Waals surface area contributed by atoms with Crippen molar-refractivity contribution >= 4 is 46.5 Å². The molecule has 0 unspecified atom stereocenters. The van der Waals surface area contributed by atoms with Crippen molar-refractivity contribution in [3.8, 4) is 11.8 Å². The van der Waals surface area contributed by atoms with Crippen LogP contribution in [0.4, 0.5) is 0 Å². The van der Waals surface area contributed by atoms with Crippen LogP contribution >= 0.6 is 24.4 Å².